The quantitative estimate of drug-likeness (QED) is 0.790. The van der Waals surface area contributed by atoms with E-state index < -0.39 is 0 Å². The molecule has 1 aliphatic heterocycles. The molecule has 0 aromatic carbocycles. The lowest BCUT2D eigenvalue weighted by Gasteiger charge is -2.28. The highest BCUT2D eigenvalue weighted by atomic mass is 16.2. The Labute approximate surface area is 111 Å². The third-order valence-corrected chi connectivity index (χ3v) is 3.88. The van der Waals surface area contributed by atoms with Crippen molar-refractivity contribution in [1.82, 2.24) is 15.5 Å². The van der Waals surface area contributed by atoms with Gasteiger partial charge in [0.2, 0.25) is 5.91 Å². The van der Waals surface area contributed by atoms with Crippen LogP contribution in [-0.2, 0) is 4.79 Å². The number of carbonyl (C=O) groups is 1. The Hall–Kier alpha value is -0.610. The summed E-state index contributed by atoms with van der Waals surface area (Å²) in [5.74, 6) is 0.653. The second-order valence-electron chi connectivity index (χ2n) is 6.45. The Morgan fingerprint density at radius 1 is 1.33 bits per heavy atom. The smallest absolute Gasteiger partial charge is 0.234 e. The fourth-order valence-corrected chi connectivity index (χ4v) is 1.89. The predicted molar refractivity (Wildman–Crippen MR) is 75.6 cm³/mol. The highest BCUT2D eigenvalue weighted by Gasteiger charge is 2.20. The lowest BCUT2D eigenvalue weighted by Crippen LogP contribution is -2.41. The lowest BCUT2D eigenvalue weighted by molar-refractivity contribution is -0.122. The first-order valence-corrected chi connectivity index (χ1v) is 7.09. The molecule has 0 saturated carbocycles. The molecule has 4 nitrogen and oxygen atoms in total. The minimum absolute atomic E-state index is 0.160. The number of nitrogens with one attached hydrogen (secondary N) is 2. The van der Waals surface area contributed by atoms with Gasteiger partial charge in [-0.3, -0.25) is 9.69 Å². The molecule has 4 heteroatoms. The summed E-state index contributed by atoms with van der Waals surface area (Å²) in [6.45, 7) is 14.2. The fraction of sp³-hybridized carbons (Fsp3) is 0.929. The molecule has 0 spiro atoms. The van der Waals surface area contributed by atoms with Gasteiger partial charge in [0.25, 0.3) is 0 Å². The van der Waals surface area contributed by atoms with Gasteiger partial charge >= 0.3 is 0 Å². The molecule has 18 heavy (non-hydrogen) atoms. The van der Waals surface area contributed by atoms with Crippen molar-refractivity contribution in [2.45, 2.75) is 34.1 Å². The summed E-state index contributed by atoms with van der Waals surface area (Å²) < 4.78 is 0. The van der Waals surface area contributed by atoms with Crippen LogP contribution in [-0.4, -0.2) is 50.1 Å². The van der Waals surface area contributed by atoms with Crippen LogP contribution in [0.5, 0.6) is 0 Å². The maximum Gasteiger partial charge on any atom is 0.234 e. The highest BCUT2D eigenvalue weighted by molar-refractivity contribution is 5.78. The lowest BCUT2D eigenvalue weighted by atomic mass is 9.82. The van der Waals surface area contributed by atoms with Gasteiger partial charge < -0.3 is 10.6 Å². The van der Waals surface area contributed by atoms with E-state index in [4.69, 9.17) is 0 Å². The SMILES string of the molecule is CC(CNC(=O)CN1CCCNCC1)C(C)(C)C. The van der Waals surface area contributed by atoms with E-state index in [0.717, 1.165) is 39.1 Å². The first kappa shape index (κ1) is 15.4. The Kier molecular flexibility index (Phi) is 6.09. The van der Waals surface area contributed by atoms with Gasteiger partial charge in [0.1, 0.15) is 0 Å². The summed E-state index contributed by atoms with van der Waals surface area (Å²) in [6, 6.07) is 0. The summed E-state index contributed by atoms with van der Waals surface area (Å²) in [6.07, 6.45) is 1.13. The highest BCUT2D eigenvalue weighted by Crippen LogP contribution is 2.24. The molecule has 0 bridgehead atoms. The van der Waals surface area contributed by atoms with E-state index in [2.05, 4.69) is 43.2 Å². The summed E-state index contributed by atoms with van der Waals surface area (Å²) in [7, 11) is 0. The number of hydrogen-bond acceptors (Lipinski definition) is 3. The average Bonchev–Trinajstić information content (AvgIpc) is 2.53. The van der Waals surface area contributed by atoms with E-state index in [-0.39, 0.29) is 11.3 Å². The average molecular weight is 255 g/mol. The van der Waals surface area contributed by atoms with Crippen LogP contribution >= 0.6 is 0 Å². The fourth-order valence-electron chi connectivity index (χ4n) is 1.89. The van der Waals surface area contributed by atoms with Gasteiger partial charge in [-0.1, -0.05) is 27.7 Å². The molecule has 2 N–H and O–H groups in total. The standard InChI is InChI=1S/C14H29N3O/c1-12(14(2,3)4)10-16-13(18)11-17-8-5-6-15-7-9-17/h12,15H,5-11H2,1-4H3,(H,16,18). The normalized spacial score (nSPS) is 20.2. The molecule has 1 aliphatic rings. The van der Waals surface area contributed by atoms with E-state index >= 15 is 0 Å². The molecule has 1 rings (SSSR count). The zero-order valence-corrected chi connectivity index (χ0v) is 12.4. The van der Waals surface area contributed by atoms with Gasteiger partial charge in [0.05, 0.1) is 6.54 Å². The molecule has 1 heterocycles. The molecule has 1 amide bonds. The van der Waals surface area contributed by atoms with Crippen molar-refractivity contribution in [1.29, 1.82) is 0 Å². The zero-order valence-electron chi connectivity index (χ0n) is 12.4. The molecule has 1 unspecified atom stereocenters. The van der Waals surface area contributed by atoms with Gasteiger partial charge in [-0.05, 0) is 30.8 Å². The minimum Gasteiger partial charge on any atom is -0.355 e. The first-order chi connectivity index (χ1) is 8.39. The largest absolute Gasteiger partial charge is 0.355 e. The van der Waals surface area contributed by atoms with E-state index in [1.165, 1.54) is 0 Å². The van der Waals surface area contributed by atoms with E-state index in [1.807, 2.05) is 0 Å². The van der Waals surface area contributed by atoms with Crippen LogP contribution in [0.4, 0.5) is 0 Å². The van der Waals surface area contributed by atoms with Crippen LogP contribution < -0.4 is 10.6 Å². The summed E-state index contributed by atoms with van der Waals surface area (Å²) in [4.78, 5) is 14.1. The van der Waals surface area contributed by atoms with E-state index in [9.17, 15) is 4.79 Å². The monoisotopic (exact) mass is 255 g/mol. The number of amides is 1. The van der Waals surface area contributed by atoms with Crippen molar-refractivity contribution in [2.75, 3.05) is 39.3 Å². The predicted octanol–water partition coefficient (Wildman–Crippen LogP) is 1.08. The Morgan fingerprint density at radius 2 is 2.06 bits per heavy atom. The second-order valence-corrected chi connectivity index (χ2v) is 6.45. The van der Waals surface area contributed by atoms with Crippen molar-refractivity contribution in [2.24, 2.45) is 11.3 Å². The molecule has 1 fully saturated rings. The van der Waals surface area contributed by atoms with Crippen LogP contribution in [0.1, 0.15) is 34.1 Å². The number of hydrogen-bond donors (Lipinski definition) is 2. The summed E-state index contributed by atoms with van der Waals surface area (Å²) in [5.41, 5.74) is 0.250. The molecule has 0 aromatic heterocycles. The Morgan fingerprint density at radius 3 is 2.72 bits per heavy atom. The molecule has 1 atom stereocenters. The van der Waals surface area contributed by atoms with Crippen LogP contribution in [0.15, 0.2) is 0 Å². The summed E-state index contributed by atoms with van der Waals surface area (Å²) >= 11 is 0. The van der Waals surface area contributed by atoms with Crippen LogP contribution in [0.25, 0.3) is 0 Å². The van der Waals surface area contributed by atoms with Gasteiger partial charge in [-0.2, -0.15) is 0 Å². The first-order valence-electron chi connectivity index (χ1n) is 7.09. The van der Waals surface area contributed by atoms with Crippen molar-refractivity contribution in [3.8, 4) is 0 Å². The Balaban J connectivity index is 2.24. The van der Waals surface area contributed by atoms with Crippen molar-refractivity contribution in [3.05, 3.63) is 0 Å². The van der Waals surface area contributed by atoms with E-state index in [0.29, 0.717) is 12.5 Å². The van der Waals surface area contributed by atoms with Crippen LogP contribution in [0.3, 0.4) is 0 Å². The number of carbonyl (C=O) groups excluding carboxylic acids is 1. The minimum atomic E-state index is 0.160. The van der Waals surface area contributed by atoms with Gasteiger partial charge in [0, 0.05) is 19.6 Å². The topological polar surface area (TPSA) is 44.4 Å². The number of nitrogens with zero attached hydrogens (tertiary/aromatic N) is 1. The van der Waals surface area contributed by atoms with Gasteiger partial charge in [-0.15, -0.1) is 0 Å². The molecular weight excluding hydrogens is 226 g/mol. The molecule has 0 aromatic rings. The van der Waals surface area contributed by atoms with Crippen molar-refractivity contribution >= 4 is 5.91 Å². The van der Waals surface area contributed by atoms with Crippen molar-refractivity contribution in [3.63, 3.8) is 0 Å². The number of rotatable bonds is 4. The Bertz CT molecular complexity index is 252. The van der Waals surface area contributed by atoms with Crippen LogP contribution in [0, 0.1) is 11.3 Å². The maximum absolute atomic E-state index is 11.9. The molecular formula is C14H29N3O. The molecule has 0 aliphatic carbocycles. The third-order valence-electron chi connectivity index (χ3n) is 3.88. The molecule has 0 radical (unpaired) electrons. The van der Waals surface area contributed by atoms with Crippen LogP contribution in [0.2, 0.25) is 0 Å². The van der Waals surface area contributed by atoms with E-state index in [1.54, 1.807) is 0 Å². The molecule has 106 valence electrons. The van der Waals surface area contributed by atoms with Gasteiger partial charge in [0.15, 0.2) is 0 Å². The second kappa shape index (κ2) is 7.10. The maximum atomic E-state index is 11.9. The van der Waals surface area contributed by atoms with Gasteiger partial charge in [-0.25, -0.2) is 0 Å². The molecule has 1 saturated heterocycles. The summed E-state index contributed by atoms with van der Waals surface area (Å²) in [5, 5.41) is 6.40. The third kappa shape index (κ3) is 5.83. The van der Waals surface area contributed by atoms with Crippen molar-refractivity contribution < 1.29 is 4.79 Å². The zero-order chi connectivity index (χ0) is 13.6.